The van der Waals surface area contributed by atoms with Crippen molar-refractivity contribution in [2.45, 2.75) is 4.90 Å². The zero-order valence-corrected chi connectivity index (χ0v) is 11.4. The molecule has 0 aliphatic carbocycles. The van der Waals surface area contributed by atoms with Gasteiger partial charge in [0.25, 0.3) is 0 Å². The minimum absolute atomic E-state index is 0.240. The van der Waals surface area contributed by atoms with Crippen molar-refractivity contribution in [2.24, 2.45) is 0 Å². The highest BCUT2D eigenvalue weighted by Gasteiger charge is 2.21. The van der Waals surface area contributed by atoms with Gasteiger partial charge in [-0.05, 0) is 24.3 Å². The third-order valence-electron chi connectivity index (χ3n) is 2.98. The molecule has 0 aliphatic heterocycles. The Labute approximate surface area is 115 Å². The summed E-state index contributed by atoms with van der Waals surface area (Å²) in [6, 6.07) is 11.4. The smallest absolute Gasteiger partial charge is 0.179 e. The number of H-pyrrole nitrogens is 1. The van der Waals surface area contributed by atoms with Gasteiger partial charge in [-0.3, -0.25) is 0 Å². The third-order valence-corrected chi connectivity index (χ3v) is 4.14. The lowest BCUT2D eigenvalue weighted by Gasteiger charge is -2.06. The van der Waals surface area contributed by atoms with Gasteiger partial charge in [0.1, 0.15) is 16.5 Å². The lowest BCUT2D eigenvalue weighted by atomic mass is 10.2. The normalized spacial score (nSPS) is 11.9. The summed E-state index contributed by atoms with van der Waals surface area (Å²) in [6.07, 6.45) is 0.984. The Morgan fingerprint density at radius 3 is 2.55 bits per heavy atom. The molecule has 3 rings (SSSR count). The number of aromatic amines is 1. The van der Waals surface area contributed by atoms with Crippen LogP contribution in [-0.4, -0.2) is 24.6 Å². The molecule has 20 heavy (non-hydrogen) atoms. The molecule has 1 aromatic heterocycles. The Bertz CT molecular complexity index is 867. The average Bonchev–Trinajstić information content (AvgIpc) is 2.80. The summed E-state index contributed by atoms with van der Waals surface area (Å²) < 4.78 is 37.4. The molecule has 0 spiro atoms. The fourth-order valence-corrected chi connectivity index (χ4v) is 3.14. The average molecular weight is 290 g/mol. The predicted molar refractivity (Wildman–Crippen MR) is 74.6 cm³/mol. The Kier molecular flexibility index (Phi) is 2.83. The molecule has 0 saturated carbocycles. The van der Waals surface area contributed by atoms with Crippen LogP contribution in [0.15, 0.2) is 47.4 Å². The molecule has 3 aromatic rings. The summed E-state index contributed by atoms with van der Waals surface area (Å²) in [5, 5.41) is 0. The number of benzene rings is 2. The number of hydrogen-bond acceptors (Lipinski definition) is 3. The second-order valence-corrected chi connectivity index (χ2v) is 6.44. The summed E-state index contributed by atoms with van der Waals surface area (Å²) >= 11 is 0. The summed E-state index contributed by atoms with van der Waals surface area (Å²) in [5.41, 5.74) is 1.71. The predicted octanol–water partition coefficient (Wildman–Crippen LogP) is 2.77. The number of imidazole rings is 1. The Morgan fingerprint density at radius 2 is 1.85 bits per heavy atom. The van der Waals surface area contributed by atoms with Crippen molar-refractivity contribution < 1.29 is 12.8 Å². The molecule has 1 N–H and O–H groups in total. The lowest BCUT2D eigenvalue weighted by Crippen LogP contribution is -2.04. The summed E-state index contributed by atoms with van der Waals surface area (Å²) in [4.78, 5) is 6.99. The maximum absolute atomic E-state index is 13.9. The van der Waals surface area contributed by atoms with Crippen molar-refractivity contribution in [3.8, 4) is 11.4 Å². The van der Waals surface area contributed by atoms with Gasteiger partial charge >= 0.3 is 0 Å². The Morgan fingerprint density at radius 1 is 1.10 bits per heavy atom. The number of nitrogens with zero attached hydrogens (tertiary/aromatic N) is 1. The van der Waals surface area contributed by atoms with Crippen molar-refractivity contribution >= 4 is 20.9 Å². The minimum atomic E-state index is -3.68. The summed E-state index contributed by atoms with van der Waals surface area (Å²) in [7, 11) is -3.68. The highest BCUT2D eigenvalue weighted by molar-refractivity contribution is 7.90. The van der Waals surface area contributed by atoms with Gasteiger partial charge in [-0.25, -0.2) is 17.8 Å². The number of halogens is 1. The van der Waals surface area contributed by atoms with Gasteiger partial charge in [0.2, 0.25) is 0 Å². The van der Waals surface area contributed by atoms with Crippen LogP contribution in [0.4, 0.5) is 4.39 Å². The Balaban J connectivity index is 2.32. The topological polar surface area (TPSA) is 62.8 Å². The molecule has 0 radical (unpaired) electrons. The van der Waals surface area contributed by atoms with E-state index < -0.39 is 15.7 Å². The van der Waals surface area contributed by atoms with E-state index in [4.69, 9.17) is 0 Å². The van der Waals surface area contributed by atoms with Crippen LogP contribution in [0.1, 0.15) is 0 Å². The number of para-hydroxylation sites is 2. The highest BCUT2D eigenvalue weighted by Crippen LogP contribution is 2.29. The van der Waals surface area contributed by atoms with Crippen molar-refractivity contribution in [1.82, 2.24) is 9.97 Å². The van der Waals surface area contributed by atoms with Gasteiger partial charge < -0.3 is 4.98 Å². The fraction of sp³-hybridized carbons (Fsp3) is 0.0714. The van der Waals surface area contributed by atoms with Crippen LogP contribution in [0.3, 0.4) is 0 Å². The van der Waals surface area contributed by atoms with Crippen molar-refractivity contribution in [2.75, 3.05) is 6.26 Å². The van der Waals surface area contributed by atoms with E-state index in [0.717, 1.165) is 17.8 Å². The van der Waals surface area contributed by atoms with Crippen LogP contribution < -0.4 is 0 Å². The maximum atomic E-state index is 13.9. The van der Waals surface area contributed by atoms with E-state index in [-0.39, 0.29) is 10.5 Å². The molecule has 6 heteroatoms. The molecule has 0 saturated heterocycles. The van der Waals surface area contributed by atoms with E-state index in [1.807, 2.05) is 18.2 Å². The first kappa shape index (κ1) is 12.8. The summed E-state index contributed by atoms with van der Waals surface area (Å²) in [6.45, 7) is 0. The lowest BCUT2D eigenvalue weighted by molar-refractivity contribution is 0.571. The van der Waals surface area contributed by atoms with E-state index in [1.165, 1.54) is 12.1 Å². The van der Waals surface area contributed by atoms with Crippen molar-refractivity contribution in [3.63, 3.8) is 0 Å². The minimum Gasteiger partial charge on any atom is -0.338 e. The molecular weight excluding hydrogens is 279 g/mol. The number of sulfone groups is 1. The highest BCUT2D eigenvalue weighted by atomic mass is 32.2. The zero-order chi connectivity index (χ0) is 14.3. The largest absolute Gasteiger partial charge is 0.338 e. The van der Waals surface area contributed by atoms with Crippen LogP contribution in [0.2, 0.25) is 0 Å². The van der Waals surface area contributed by atoms with Crippen LogP contribution in [0.5, 0.6) is 0 Å². The van der Waals surface area contributed by atoms with Gasteiger partial charge in [-0.2, -0.15) is 0 Å². The zero-order valence-electron chi connectivity index (χ0n) is 10.6. The molecule has 0 fully saturated rings. The SMILES string of the molecule is CS(=O)(=O)c1c(F)cccc1-c1nc2ccccc2[nH]1. The molecule has 4 nitrogen and oxygen atoms in total. The van der Waals surface area contributed by atoms with Crippen molar-refractivity contribution in [1.29, 1.82) is 0 Å². The number of aromatic nitrogens is 2. The summed E-state index contributed by atoms with van der Waals surface area (Å²) in [5.74, 6) is -0.434. The molecule has 0 aliphatic rings. The monoisotopic (exact) mass is 290 g/mol. The first-order valence-corrected chi connectivity index (χ1v) is 7.79. The van der Waals surface area contributed by atoms with E-state index in [1.54, 1.807) is 6.07 Å². The molecular formula is C14H11FN2O2S. The molecule has 0 bridgehead atoms. The quantitative estimate of drug-likeness (QED) is 0.789. The van der Waals surface area contributed by atoms with Crippen LogP contribution in [0, 0.1) is 5.82 Å². The number of hydrogen-bond donors (Lipinski definition) is 1. The molecule has 0 atom stereocenters. The number of fused-ring (bicyclic) bond motifs is 1. The van der Waals surface area contributed by atoms with Gasteiger partial charge in [0.05, 0.1) is 11.0 Å². The van der Waals surface area contributed by atoms with E-state index >= 15 is 0 Å². The molecule has 102 valence electrons. The van der Waals surface area contributed by atoms with Crippen LogP contribution in [0.25, 0.3) is 22.4 Å². The van der Waals surface area contributed by atoms with E-state index in [2.05, 4.69) is 9.97 Å². The van der Waals surface area contributed by atoms with Crippen molar-refractivity contribution in [3.05, 3.63) is 48.3 Å². The van der Waals surface area contributed by atoms with Gasteiger partial charge in [-0.1, -0.05) is 18.2 Å². The second kappa shape index (κ2) is 4.42. The fourth-order valence-electron chi connectivity index (χ4n) is 2.15. The molecule has 1 heterocycles. The molecule has 0 amide bonds. The second-order valence-electron chi connectivity index (χ2n) is 4.49. The third kappa shape index (κ3) is 2.08. The number of rotatable bonds is 2. The van der Waals surface area contributed by atoms with E-state index in [0.29, 0.717) is 11.3 Å². The van der Waals surface area contributed by atoms with E-state index in [9.17, 15) is 12.8 Å². The van der Waals surface area contributed by atoms with Gasteiger partial charge in [0.15, 0.2) is 9.84 Å². The Hall–Kier alpha value is -2.21. The first-order chi connectivity index (χ1) is 9.47. The maximum Gasteiger partial charge on any atom is 0.179 e. The van der Waals surface area contributed by atoms with Gasteiger partial charge in [0, 0.05) is 11.8 Å². The first-order valence-electron chi connectivity index (χ1n) is 5.90. The van der Waals surface area contributed by atoms with Crippen LogP contribution in [-0.2, 0) is 9.84 Å². The van der Waals surface area contributed by atoms with Gasteiger partial charge in [-0.15, -0.1) is 0 Å². The molecule has 0 unspecified atom stereocenters. The standard InChI is InChI=1S/C14H11FN2O2S/c1-20(18,19)13-9(5-4-6-10(13)15)14-16-11-7-2-3-8-12(11)17-14/h2-8H,1H3,(H,16,17). The number of nitrogens with one attached hydrogen (secondary N) is 1. The molecule has 2 aromatic carbocycles. The van der Waals surface area contributed by atoms with Crippen LogP contribution >= 0.6 is 0 Å².